The fourth-order valence-electron chi connectivity index (χ4n) is 1.46. The number of anilines is 1. The zero-order valence-electron chi connectivity index (χ0n) is 7.15. The van der Waals surface area contributed by atoms with Crippen LogP contribution in [-0.2, 0) is 13.1 Å². The van der Waals surface area contributed by atoms with E-state index in [2.05, 4.69) is 34.4 Å². The van der Waals surface area contributed by atoms with Crippen molar-refractivity contribution in [2.75, 3.05) is 12.5 Å². The third-order valence-electron chi connectivity index (χ3n) is 2.05. The predicted molar refractivity (Wildman–Crippen MR) is 49.7 cm³/mol. The minimum Gasteiger partial charge on any atom is -0.321 e. The van der Waals surface area contributed by atoms with Gasteiger partial charge in [0.2, 0.25) is 0 Å². The lowest BCUT2D eigenvalue weighted by Crippen LogP contribution is -2.10. The molecule has 0 aliphatic carbocycles. The van der Waals surface area contributed by atoms with E-state index in [0.29, 0.717) is 0 Å². The summed E-state index contributed by atoms with van der Waals surface area (Å²) in [5.41, 5.74) is 10.1. The second-order valence-electron chi connectivity index (χ2n) is 3.00. The maximum Gasteiger partial charge on any atom is 0.0533 e. The van der Waals surface area contributed by atoms with E-state index in [1.165, 1.54) is 16.8 Å². The molecule has 64 valence electrons. The summed E-state index contributed by atoms with van der Waals surface area (Å²) in [4.78, 5) is 0. The first kappa shape index (κ1) is 7.58. The highest BCUT2D eigenvalue weighted by Gasteiger charge is 2.08. The molecule has 12 heavy (non-hydrogen) atoms. The van der Waals surface area contributed by atoms with E-state index in [1.807, 2.05) is 7.05 Å². The SMILES string of the molecule is CNCc1ccc2c(c1)CNN2. The summed E-state index contributed by atoms with van der Waals surface area (Å²) in [5, 5.41) is 3.13. The maximum atomic E-state index is 3.13. The van der Waals surface area contributed by atoms with Crippen molar-refractivity contribution in [1.29, 1.82) is 0 Å². The fourth-order valence-corrected chi connectivity index (χ4v) is 1.46. The number of fused-ring (bicyclic) bond motifs is 1. The van der Waals surface area contributed by atoms with Gasteiger partial charge in [0.1, 0.15) is 0 Å². The van der Waals surface area contributed by atoms with Crippen LogP contribution in [0.15, 0.2) is 18.2 Å². The predicted octanol–water partition coefficient (Wildman–Crippen LogP) is 0.836. The summed E-state index contributed by atoms with van der Waals surface area (Å²) in [7, 11) is 1.96. The zero-order valence-corrected chi connectivity index (χ0v) is 7.15. The molecule has 1 heterocycles. The summed E-state index contributed by atoms with van der Waals surface area (Å²) in [5.74, 6) is 0. The molecule has 0 atom stereocenters. The zero-order chi connectivity index (χ0) is 8.39. The molecule has 3 nitrogen and oxygen atoms in total. The molecule has 0 saturated carbocycles. The molecule has 0 fully saturated rings. The fraction of sp³-hybridized carbons (Fsp3) is 0.333. The highest BCUT2D eigenvalue weighted by molar-refractivity contribution is 5.54. The molecule has 0 bridgehead atoms. The Labute approximate surface area is 72.1 Å². The first-order valence-electron chi connectivity index (χ1n) is 4.15. The van der Waals surface area contributed by atoms with Crippen LogP contribution in [0.3, 0.4) is 0 Å². The van der Waals surface area contributed by atoms with Gasteiger partial charge in [0.05, 0.1) is 5.69 Å². The Morgan fingerprint density at radius 2 is 2.42 bits per heavy atom. The van der Waals surface area contributed by atoms with Crippen LogP contribution < -0.4 is 16.2 Å². The van der Waals surface area contributed by atoms with Crippen molar-refractivity contribution in [3.8, 4) is 0 Å². The summed E-state index contributed by atoms with van der Waals surface area (Å²) >= 11 is 0. The Hall–Kier alpha value is -1.06. The van der Waals surface area contributed by atoms with Gasteiger partial charge in [0.15, 0.2) is 0 Å². The number of nitrogens with one attached hydrogen (secondary N) is 3. The summed E-state index contributed by atoms with van der Waals surface area (Å²) < 4.78 is 0. The lowest BCUT2D eigenvalue weighted by molar-refractivity contribution is 0.814. The van der Waals surface area contributed by atoms with Crippen LogP contribution in [0.2, 0.25) is 0 Å². The Kier molecular flexibility index (Phi) is 1.98. The molecule has 3 heteroatoms. The lowest BCUT2D eigenvalue weighted by Gasteiger charge is -2.02. The first-order valence-corrected chi connectivity index (χ1v) is 4.15. The van der Waals surface area contributed by atoms with Crippen molar-refractivity contribution in [2.24, 2.45) is 0 Å². The van der Waals surface area contributed by atoms with E-state index < -0.39 is 0 Å². The lowest BCUT2D eigenvalue weighted by atomic mass is 10.1. The van der Waals surface area contributed by atoms with E-state index >= 15 is 0 Å². The molecule has 0 unspecified atom stereocenters. The molecular formula is C9H13N3. The normalized spacial score (nSPS) is 14.1. The summed E-state index contributed by atoms with van der Waals surface area (Å²) in [6.07, 6.45) is 0. The van der Waals surface area contributed by atoms with Crippen LogP contribution >= 0.6 is 0 Å². The largest absolute Gasteiger partial charge is 0.321 e. The van der Waals surface area contributed by atoms with E-state index in [0.717, 1.165) is 13.1 Å². The molecule has 0 saturated heterocycles. The van der Waals surface area contributed by atoms with Gasteiger partial charge in [0, 0.05) is 13.1 Å². The van der Waals surface area contributed by atoms with Crippen LogP contribution in [0.5, 0.6) is 0 Å². The van der Waals surface area contributed by atoms with Crippen LogP contribution in [0.1, 0.15) is 11.1 Å². The van der Waals surface area contributed by atoms with Gasteiger partial charge in [-0.2, -0.15) is 0 Å². The van der Waals surface area contributed by atoms with Gasteiger partial charge >= 0.3 is 0 Å². The van der Waals surface area contributed by atoms with E-state index in [-0.39, 0.29) is 0 Å². The maximum absolute atomic E-state index is 3.13. The van der Waals surface area contributed by atoms with Crippen molar-refractivity contribution < 1.29 is 0 Å². The minimum absolute atomic E-state index is 0.923. The van der Waals surface area contributed by atoms with Gasteiger partial charge in [-0.1, -0.05) is 12.1 Å². The van der Waals surface area contributed by atoms with Crippen LogP contribution in [-0.4, -0.2) is 7.05 Å². The highest BCUT2D eigenvalue weighted by Crippen LogP contribution is 2.20. The van der Waals surface area contributed by atoms with Crippen molar-refractivity contribution in [2.45, 2.75) is 13.1 Å². The Balaban J connectivity index is 2.26. The second-order valence-corrected chi connectivity index (χ2v) is 3.00. The summed E-state index contributed by atoms with van der Waals surface area (Å²) in [6, 6.07) is 6.47. The van der Waals surface area contributed by atoms with Gasteiger partial charge in [-0.3, -0.25) is 0 Å². The average molecular weight is 163 g/mol. The topological polar surface area (TPSA) is 36.1 Å². The third-order valence-corrected chi connectivity index (χ3v) is 2.05. The quantitative estimate of drug-likeness (QED) is 0.604. The second kappa shape index (κ2) is 3.13. The highest BCUT2D eigenvalue weighted by atomic mass is 15.4. The van der Waals surface area contributed by atoms with E-state index in [4.69, 9.17) is 0 Å². The van der Waals surface area contributed by atoms with Gasteiger partial charge in [-0.25, -0.2) is 5.43 Å². The van der Waals surface area contributed by atoms with Gasteiger partial charge in [-0.05, 0) is 24.2 Å². The number of hydrogen-bond donors (Lipinski definition) is 3. The van der Waals surface area contributed by atoms with E-state index in [1.54, 1.807) is 0 Å². The number of benzene rings is 1. The molecule has 1 aromatic carbocycles. The van der Waals surface area contributed by atoms with Crippen LogP contribution in [0.25, 0.3) is 0 Å². The monoisotopic (exact) mass is 163 g/mol. The summed E-state index contributed by atoms with van der Waals surface area (Å²) in [6.45, 7) is 1.86. The minimum atomic E-state index is 0.923. The first-order chi connectivity index (χ1) is 5.90. The molecule has 0 amide bonds. The average Bonchev–Trinajstić information content (AvgIpc) is 2.51. The number of hydrazine groups is 1. The van der Waals surface area contributed by atoms with Crippen LogP contribution in [0, 0.1) is 0 Å². The van der Waals surface area contributed by atoms with Crippen LogP contribution in [0.4, 0.5) is 5.69 Å². The molecule has 0 aromatic heterocycles. The Morgan fingerprint density at radius 3 is 3.25 bits per heavy atom. The van der Waals surface area contributed by atoms with Crippen molar-refractivity contribution in [3.63, 3.8) is 0 Å². The molecule has 1 aromatic rings. The van der Waals surface area contributed by atoms with Gasteiger partial charge in [0.25, 0.3) is 0 Å². The molecule has 1 aliphatic rings. The molecule has 0 radical (unpaired) electrons. The molecule has 2 rings (SSSR count). The number of hydrogen-bond acceptors (Lipinski definition) is 3. The molecular weight excluding hydrogens is 150 g/mol. The van der Waals surface area contributed by atoms with Crippen molar-refractivity contribution in [1.82, 2.24) is 10.7 Å². The van der Waals surface area contributed by atoms with E-state index in [9.17, 15) is 0 Å². The van der Waals surface area contributed by atoms with Gasteiger partial charge < -0.3 is 10.7 Å². The number of rotatable bonds is 2. The molecule has 0 spiro atoms. The van der Waals surface area contributed by atoms with Gasteiger partial charge in [-0.15, -0.1) is 0 Å². The Morgan fingerprint density at radius 1 is 1.50 bits per heavy atom. The molecule has 1 aliphatic heterocycles. The smallest absolute Gasteiger partial charge is 0.0533 e. The third kappa shape index (κ3) is 1.29. The Bertz CT molecular complexity index is 283. The van der Waals surface area contributed by atoms with Crippen molar-refractivity contribution >= 4 is 5.69 Å². The standard InChI is InChI=1S/C9H13N3/c1-10-5-7-2-3-9-8(4-7)6-11-12-9/h2-4,10-12H,5-6H2,1H3. The van der Waals surface area contributed by atoms with Crippen molar-refractivity contribution in [3.05, 3.63) is 29.3 Å². The molecule has 3 N–H and O–H groups in total.